The zero-order valence-corrected chi connectivity index (χ0v) is 21.4. The van der Waals surface area contributed by atoms with E-state index in [2.05, 4.69) is 34.1 Å². The highest BCUT2D eigenvalue weighted by molar-refractivity contribution is 7.89. The number of hydrogen-bond donors (Lipinski definition) is 0. The monoisotopic (exact) mass is 523 g/mol. The van der Waals surface area contributed by atoms with E-state index in [0.717, 1.165) is 37.3 Å². The fourth-order valence-electron chi connectivity index (χ4n) is 5.61. The summed E-state index contributed by atoms with van der Waals surface area (Å²) in [6.07, 6.45) is 1.32. The molecule has 4 heterocycles. The molecule has 0 radical (unpaired) electrons. The number of aromatic nitrogens is 2. The quantitative estimate of drug-likeness (QED) is 0.509. The smallest absolute Gasteiger partial charge is 0.245 e. The molecule has 0 N–H and O–H groups in total. The van der Waals surface area contributed by atoms with Crippen LogP contribution in [0.5, 0.6) is 0 Å². The summed E-state index contributed by atoms with van der Waals surface area (Å²) in [6, 6.07) is 18.5. The lowest BCUT2D eigenvalue weighted by molar-refractivity contribution is -0.116. The van der Waals surface area contributed by atoms with E-state index < -0.39 is 21.9 Å². The van der Waals surface area contributed by atoms with Crippen LogP contribution in [0.1, 0.15) is 23.2 Å². The zero-order chi connectivity index (χ0) is 25.5. The molecule has 2 atom stereocenters. The average molecular weight is 524 g/mol. The Bertz CT molecular complexity index is 1360. The van der Waals surface area contributed by atoms with E-state index in [1.807, 2.05) is 17.2 Å². The molecule has 0 amide bonds. The van der Waals surface area contributed by atoms with Crippen molar-refractivity contribution in [3.05, 3.63) is 83.7 Å². The number of alkyl halides is 1. The minimum Gasteiger partial charge on any atom is -0.355 e. The molecular formula is C27H30FN5O3S. The molecule has 3 aliphatic heterocycles. The van der Waals surface area contributed by atoms with Gasteiger partial charge >= 0.3 is 0 Å². The molecule has 10 heteroatoms. The van der Waals surface area contributed by atoms with Crippen molar-refractivity contribution in [1.29, 1.82) is 0 Å². The van der Waals surface area contributed by atoms with Gasteiger partial charge in [0.25, 0.3) is 0 Å². The summed E-state index contributed by atoms with van der Waals surface area (Å²) in [5, 5.41) is 0. The topological polar surface area (TPSA) is 78.9 Å². The van der Waals surface area contributed by atoms with Crippen molar-refractivity contribution in [3.8, 4) is 0 Å². The van der Waals surface area contributed by atoms with Crippen LogP contribution in [0.15, 0.2) is 71.8 Å². The van der Waals surface area contributed by atoms with Gasteiger partial charge in [-0.15, -0.1) is 0 Å². The highest BCUT2D eigenvalue weighted by atomic mass is 32.2. The van der Waals surface area contributed by atoms with Gasteiger partial charge in [-0.2, -0.15) is 4.31 Å². The number of benzene rings is 2. The molecule has 2 aromatic carbocycles. The molecule has 37 heavy (non-hydrogen) atoms. The second-order valence-corrected chi connectivity index (χ2v) is 11.7. The van der Waals surface area contributed by atoms with Gasteiger partial charge in [-0.1, -0.05) is 48.5 Å². The van der Waals surface area contributed by atoms with Crippen molar-refractivity contribution >= 4 is 16.0 Å². The maximum atomic E-state index is 15.8. The molecule has 194 valence electrons. The summed E-state index contributed by atoms with van der Waals surface area (Å²) in [5.74, 6) is 0.489. The molecule has 6 rings (SSSR count). The molecule has 2 saturated heterocycles. The van der Waals surface area contributed by atoms with Gasteiger partial charge in [0.2, 0.25) is 16.0 Å². The Morgan fingerprint density at radius 1 is 1.03 bits per heavy atom. The highest BCUT2D eigenvalue weighted by Crippen LogP contribution is 2.40. The van der Waals surface area contributed by atoms with Gasteiger partial charge in [0.05, 0.1) is 23.7 Å². The Balaban J connectivity index is 1.16. The first kappa shape index (κ1) is 24.4. The van der Waals surface area contributed by atoms with E-state index in [0.29, 0.717) is 12.5 Å². The number of nitrogens with zero attached hydrogens (tertiary/aromatic N) is 5. The van der Waals surface area contributed by atoms with Crippen LogP contribution in [-0.4, -0.2) is 72.3 Å². The first-order valence-corrected chi connectivity index (χ1v) is 14.1. The number of fused-ring (bicyclic) bond motifs is 1. The summed E-state index contributed by atoms with van der Waals surface area (Å²) >= 11 is 0. The van der Waals surface area contributed by atoms with Crippen LogP contribution in [0.4, 0.5) is 10.3 Å². The van der Waals surface area contributed by atoms with Gasteiger partial charge in [0.1, 0.15) is 0 Å². The van der Waals surface area contributed by atoms with Crippen LogP contribution >= 0.6 is 0 Å². The lowest BCUT2D eigenvalue weighted by Gasteiger charge is -2.45. The van der Waals surface area contributed by atoms with Crippen LogP contribution in [-0.2, 0) is 34.3 Å². The Hall–Kier alpha value is -2.92. The molecule has 0 saturated carbocycles. The van der Waals surface area contributed by atoms with Gasteiger partial charge in [0, 0.05) is 57.3 Å². The van der Waals surface area contributed by atoms with Crippen LogP contribution in [0, 0.1) is 0 Å². The summed E-state index contributed by atoms with van der Waals surface area (Å²) < 4.78 is 49.6. The third-order valence-electron chi connectivity index (χ3n) is 7.54. The van der Waals surface area contributed by atoms with E-state index in [1.54, 1.807) is 18.2 Å². The number of hydrogen-bond acceptors (Lipinski definition) is 7. The molecule has 1 spiro atoms. The summed E-state index contributed by atoms with van der Waals surface area (Å²) in [6.45, 7) is 3.22. The Morgan fingerprint density at radius 2 is 1.78 bits per heavy atom. The van der Waals surface area contributed by atoms with Crippen molar-refractivity contribution in [2.45, 2.75) is 42.7 Å². The van der Waals surface area contributed by atoms with Gasteiger partial charge in [-0.3, -0.25) is 4.90 Å². The van der Waals surface area contributed by atoms with E-state index in [9.17, 15) is 8.42 Å². The minimum absolute atomic E-state index is 0.0280. The lowest BCUT2D eigenvalue weighted by atomic mass is 9.99. The number of piperidine rings is 1. The minimum atomic E-state index is -3.89. The van der Waals surface area contributed by atoms with Crippen molar-refractivity contribution in [2.75, 3.05) is 37.7 Å². The third kappa shape index (κ3) is 4.52. The summed E-state index contributed by atoms with van der Waals surface area (Å²) in [7, 11) is -3.89. The van der Waals surface area contributed by atoms with Crippen molar-refractivity contribution < 1.29 is 17.5 Å². The van der Waals surface area contributed by atoms with E-state index in [4.69, 9.17) is 9.72 Å². The highest BCUT2D eigenvalue weighted by Gasteiger charge is 2.57. The second-order valence-electron chi connectivity index (χ2n) is 9.84. The average Bonchev–Trinajstić information content (AvgIpc) is 3.37. The normalized spacial score (nSPS) is 24.9. The van der Waals surface area contributed by atoms with Crippen LogP contribution in [0.3, 0.4) is 0 Å². The maximum absolute atomic E-state index is 15.8. The third-order valence-corrected chi connectivity index (χ3v) is 9.48. The van der Waals surface area contributed by atoms with Crippen molar-refractivity contribution in [1.82, 2.24) is 19.2 Å². The fraction of sp³-hybridized carbons (Fsp3) is 0.407. The number of rotatable bonds is 5. The first-order chi connectivity index (χ1) is 18.0. The number of anilines is 1. The summed E-state index contributed by atoms with van der Waals surface area (Å²) in [5.41, 5.74) is 1.86. The predicted molar refractivity (Wildman–Crippen MR) is 137 cm³/mol. The Kier molecular flexibility index (Phi) is 6.44. The van der Waals surface area contributed by atoms with Gasteiger partial charge in [0.15, 0.2) is 11.9 Å². The van der Waals surface area contributed by atoms with Gasteiger partial charge < -0.3 is 9.64 Å². The van der Waals surface area contributed by atoms with Crippen LogP contribution < -0.4 is 4.90 Å². The van der Waals surface area contributed by atoms with Crippen molar-refractivity contribution in [2.24, 2.45) is 0 Å². The molecule has 0 aliphatic carbocycles. The van der Waals surface area contributed by atoms with Crippen molar-refractivity contribution in [3.63, 3.8) is 0 Å². The van der Waals surface area contributed by atoms with E-state index in [1.165, 1.54) is 22.0 Å². The standard InChI is InChI=1S/C27H30FN5O3S/c28-25-20-32(14-12-27(25)33(15-16-36-27)37(34,35)23-9-5-2-6-10-23)26-29-17-22-19-31(13-11-24(22)30-26)18-21-7-3-1-4-8-21/h1-10,17,25H,11-16,18-20H2. The predicted octanol–water partition coefficient (Wildman–Crippen LogP) is 3.00. The van der Waals surface area contributed by atoms with Gasteiger partial charge in [-0.25, -0.2) is 22.8 Å². The van der Waals surface area contributed by atoms with E-state index in [-0.39, 0.29) is 31.0 Å². The fourth-order valence-corrected chi connectivity index (χ4v) is 7.34. The summed E-state index contributed by atoms with van der Waals surface area (Å²) in [4.78, 5) is 13.7. The molecule has 3 aromatic rings. The Labute approximate surface area is 216 Å². The second kappa shape index (κ2) is 9.75. The molecule has 2 unspecified atom stereocenters. The number of halogens is 1. The lowest BCUT2D eigenvalue weighted by Crippen LogP contribution is -2.62. The van der Waals surface area contributed by atoms with Gasteiger partial charge in [-0.05, 0) is 17.7 Å². The zero-order valence-electron chi connectivity index (χ0n) is 20.5. The number of ether oxygens (including phenoxy) is 1. The maximum Gasteiger partial charge on any atom is 0.245 e. The molecular weight excluding hydrogens is 493 g/mol. The van der Waals surface area contributed by atoms with Crippen LogP contribution in [0.2, 0.25) is 0 Å². The molecule has 1 aromatic heterocycles. The number of sulfonamides is 1. The van der Waals surface area contributed by atoms with Crippen LogP contribution in [0.25, 0.3) is 0 Å². The molecule has 2 fully saturated rings. The largest absolute Gasteiger partial charge is 0.355 e. The molecule has 8 nitrogen and oxygen atoms in total. The molecule has 0 bridgehead atoms. The first-order valence-electron chi connectivity index (χ1n) is 12.7. The molecule has 3 aliphatic rings. The SMILES string of the molecule is O=S(=O)(c1ccccc1)N1CCOC12CCN(c1ncc3c(n1)CCN(Cc1ccccc1)C3)CC2F. The Morgan fingerprint density at radius 3 is 2.54 bits per heavy atom. The van der Waals surface area contributed by atoms with E-state index >= 15 is 4.39 Å².